The van der Waals surface area contributed by atoms with Crippen molar-refractivity contribution >= 4 is 5.91 Å². The fraction of sp³-hybridized carbons (Fsp3) is 0.767. The minimum Gasteiger partial charge on any atom is -0.508 e. The van der Waals surface area contributed by atoms with E-state index in [1.807, 2.05) is 12.1 Å². The van der Waals surface area contributed by atoms with Crippen LogP contribution in [0, 0.1) is 0 Å². The number of carbonyl (C=O) groups is 1. The van der Waals surface area contributed by atoms with Crippen LogP contribution in [0.2, 0.25) is 0 Å². The van der Waals surface area contributed by atoms with E-state index in [2.05, 4.69) is 12.2 Å². The monoisotopic (exact) mass is 491 g/mol. The molecule has 0 saturated heterocycles. The molecule has 5 heteroatoms. The molecule has 1 amide bonds. The summed E-state index contributed by atoms with van der Waals surface area (Å²) in [6.07, 6.45) is 22.5. The predicted octanol–water partition coefficient (Wildman–Crippen LogP) is 7.46. The molecule has 0 aliphatic heterocycles. The van der Waals surface area contributed by atoms with Gasteiger partial charge in [-0.05, 0) is 37.3 Å². The van der Waals surface area contributed by atoms with Gasteiger partial charge in [-0.3, -0.25) is 4.79 Å². The third kappa shape index (κ3) is 18.2. The maximum absolute atomic E-state index is 11.4. The van der Waals surface area contributed by atoms with Crippen LogP contribution < -0.4 is 10.1 Å². The number of amides is 1. The first kappa shape index (κ1) is 31.3. The molecule has 1 aromatic rings. The fourth-order valence-electron chi connectivity index (χ4n) is 4.39. The summed E-state index contributed by atoms with van der Waals surface area (Å²) in [5.41, 5.74) is 1.03. The van der Waals surface area contributed by atoms with E-state index in [1.165, 1.54) is 83.5 Å². The van der Waals surface area contributed by atoms with E-state index in [0.717, 1.165) is 50.0 Å². The van der Waals surface area contributed by atoms with Crippen molar-refractivity contribution in [2.45, 2.75) is 129 Å². The number of benzene rings is 1. The van der Waals surface area contributed by atoms with Crippen molar-refractivity contribution in [3.8, 4) is 11.5 Å². The lowest BCUT2D eigenvalue weighted by Gasteiger charge is -2.09. The van der Waals surface area contributed by atoms with Gasteiger partial charge in [-0.25, -0.2) is 0 Å². The lowest BCUT2D eigenvalue weighted by molar-refractivity contribution is -0.121. The molecule has 35 heavy (non-hydrogen) atoms. The predicted molar refractivity (Wildman–Crippen MR) is 146 cm³/mol. The number of nitrogens with one attached hydrogen (secondary N) is 1. The highest BCUT2D eigenvalue weighted by molar-refractivity contribution is 5.75. The van der Waals surface area contributed by atoms with Gasteiger partial charge in [0.1, 0.15) is 11.5 Å². The van der Waals surface area contributed by atoms with Crippen LogP contribution >= 0.6 is 0 Å². The van der Waals surface area contributed by atoms with E-state index in [9.17, 15) is 9.90 Å². The fourth-order valence-corrected chi connectivity index (χ4v) is 4.39. The van der Waals surface area contributed by atoms with Gasteiger partial charge in [0.25, 0.3) is 0 Å². The molecule has 0 unspecified atom stereocenters. The second-order valence-electron chi connectivity index (χ2n) is 9.87. The number of ether oxygens (including phenoxy) is 1. The highest BCUT2D eigenvalue weighted by Crippen LogP contribution is 2.25. The van der Waals surface area contributed by atoms with E-state index in [1.54, 1.807) is 6.07 Å². The number of hydrogen-bond donors (Lipinski definition) is 3. The topological polar surface area (TPSA) is 78.8 Å². The summed E-state index contributed by atoms with van der Waals surface area (Å²) >= 11 is 0. The number of aliphatic hydroxyl groups is 1. The minimum atomic E-state index is 0.0161. The first-order valence-corrected chi connectivity index (χ1v) is 14.5. The maximum atomic E-state index is 11.4. The maximum Gasteiger partial charge on any atom is 0.220 e. The van der Waals surface area contributed by atoms with Crippen LogP contribution in [0.3, 0.4) is 0 Å². The van der Waals surface area contributed by atoms with Crippen LogP contribution in [0.15, 0.2) is 18.2 Å². The van der Waals surface area contributed by atoms with Crippen molar-refractivity contribution in [1.29, 1.82) is 0 Å². The Morgan fingerprint density at radius 2 is 1.37 bits per heavy atom. The molecule has 1 aromatic carbocycles. The van der Waals surface area contributed by atoms with Gasteiger partial charge in [-0.1, -0.05) is 103 Å². The van der Waals surface area contributed by atoms with Crippen LogP contribution in [0.1, 0.15) is 128 Å². The summed E-state index contributed by atoms with van der Waals surface area (Å²) in [7, 11) is 0. The molecule has 3 N–H and O–H groups in total. The van der Waals surface area contributed by atoms with Gasteiger partial charge in [-0.2, -0.15) is 0 Å². The summed E-state index contributed by atoms with van der Waals surface area (Å²) < 4.78 is 5.83. The number of aryl methyl sites for hydroxylation is 1. The Morgan fingerprint density at radius 1 is 0.800 bits per heavy atom. The summed E-state index contributed by atoms with van der Waals surface area (Å²) in [4.78, 5) is 11.4. The summed E-state index contributed by atoms with van der Waals surface area (Å²) in [6.45, 7) is 3.32. The Morgan fingerprint density at radius 3 is 1.94 bits per heavy atom. The van der Waals surface area contributed by atoms with Gasteiger partial charge in [0.2, 0.25) is 5.91 Å². The van der Waals surface area contributed by atoms with E-state index in [-0.39, 0.29) is 12.5 Å². The molecular weight excluding hydrogens is 438 g/mol. The Labute approximate surface area is 215 Å². The smallest absolute Gasteiger partial charge is 0.220 e. The summed E-state index contributed by atoms with van der Waals surface area (Å²) in [5.74, 6) is 1.21. The van der Waals surface area contributed by atoms with Crippen LogP contribution in [-0.4, -0.2) is 35.9 Å². The molecule has 5 nitrogen and oxygen atoms in total. The molecule has 0 aliphatic rings. The normalized spacial score (nSPS) is 11.0. The number of phenolic OH excluding ortho intramolecular Hbond substituents is 1. The largest absolute Gasteiger partial charge is 0.508 e. The lowest BCUT2D eigenvalue weighted by atomic mass is 10.0. The lowest BCUT2D eigenvalue weighted by Crippen LogP contribution is -2.25. The number of phenols is 1. The summed E-state index contributed by atoms with van der Waals surface area (Å²) in [5, 5.41) is 21.6. The molecule has 0 aliphatic carbocycles. The molecule has 0 spiro atoms. The Hall–Kier alpha value is -1.75. The van der Waals surface area contributed by atoms with Crippen LogP contribution in [-0.2, 0) is 11.2 Å². The molecule has 0 atom stereocenters. The second-order valence-corrected chi connectivity index (χ2v) is 9.87. The molecule has 0 saturated carbocycles. The van der Waals surface area contributed by atoms with E-state index < -0.39 is 0 Å². The van der Waals surface area contributed by atoms with Crippen LogP contribution in [0.25, 0.3) is 0 Å². The average molecular weight is 492 g/mol. The van der Waals surface area contributed by atoms with Gasteiger partial charge in [-0.15, -0.1) is 0 Å². The Bertz CT molecular complexity index is 635. The number of unbranched alkanes of at least 4 members (excludes halogenated alkanes) is 15. The van der Waals surface area contributed by atoms with E-state index in [0.29, 0.717) is 18.7 Å². The quantitative estimate of drug-likeness (QED) is 0.131. The van der Waals surface area contributed by atoms with Gasteiger partial charge in [0, 0.05) is 19.0 Å². The number of aliphatic hydroxyl groups excluding tert-OH is 1. The second kappa shape index (κ2) is 22.7. The van der Waals surface area contributed by atoms with Crippen molar-refractivity contribution in [3.63, 3.8) is 0 Å². The van der Waals surface area contributed by atoms with Gasteiger partial charge in [0.15, 0.2) is 0 Å². The molecule has 0 aromatic heterocycles. The third-order valence-corrected chi connectivity index (χ3v) is 6.61. The van der Waals surface area contributed by atoms with Gasteiger partial charge in [0.05, 0.1) is 13.2 Å². The third-order valence-electron chi connectivity index (χ3n) is 6.61. The molecule has 0 bridgehead atoms. The van der Waals surface area contributed by atoms with Crippen molar-refractivity contribution in [3.05, 3.63) is 23.8 Å². The van der Waals surface area contributed by atoms with Crippen molar-refractivity contribution in [1.82, 2.24) is 5.32 Å². The molecule has 202 valence electrons. The average Bonchev–Trinajstić information content (AvgIpc) is 2.86. The molecule has 0 radical (unpaired) electrons. The zero-order valence-electron chi connectivity index (χ0n) is 22.5. The highest BCUT2D eigenvalue weighted by atomic mass is 16.5. The Balaban J connectivity index is 1.86. The highest BCUT2D eigenvalue weighted by Gasteiger charge is 2.04. The summed E-state index contributed by atoms with van der Waals surface area (Å²) in [6, 6.07) is 5.78. The first-order valence-electron chi connectivity index (χ1n) is 14.5. The van der Waals surface area contributed by atoms with Crippen molar-refractivity contribution in [2.75, 3.05) is 19.8 Å². The van der Waals surface area contributed by atoms with Gasteiger partial charge < -0.3 is 20.3 Å². The van der Waals surface area contributed by atoms with Gasteiger partial charge >= 0.3 is 0 Å². The zero-order chi connectivity index (χ0) is 25.4. The number of carbonyl (C=O) groups excluding carboxylic acids is 1. The minimum absolute atomic E-state index is 0.0161. The molecule has 0 heterocycles. The zero-order valence-corrected chi connectivity index (χ0v) is 22.5. The van der Waals surface area contributed by atoms with E-state index in [4.69, 9.17) is 9.84 Å². The molecular formula is C30H53NO4. The SMILES string of the molecule is CCCCCCc1ccc(OCCCCCCCCCCCCCCCC(=O)NCCO)cc1O. The molecule has 1 rings (SSSR count). The number of aromatic hydroxyl groups is 1. The van der Waals surface area contributed by atoms with Crippen LogP contribution in [0.5, 0.6) is 11.5 Å². The molecule has 0 fully saturated rings. The number of rotatable bonds is 24. The Kier molecular flexibility index (Phi) is 20.3. The van der Waals surface area contributed by atoms with Crippen LogP contribution in [0.4, 0.5) is 0 Å². The first-order chi connectivity index (χ1) is 17.2. The van der Waals surface area contributed by atoms with E-state index >= 15 is 0 Å². The standard InChI is InChI=1S/C30H53NO4/c1-2-3-4-16-19-27-21-22-28(26-29(27)33)35-25-18-15-13-11-9-7-5-6-8-10-12-14-17-20-30(34)31-23-24-32/h21-22,26,32-33H,2-20,23-25H2,1H3,(H,31,34). The number of hydrogen-bond acceptors (Lipinski definition) is 4. The van der Waals surface area contributed by atoms with Crippen molar-refractivity contribution < 1.29 is 19.7 Å². The van der Waals surface area contributed by atoms with Crippen molar-refractivity contribution in [2.24, 2.45) is 0 Å².